The summed E-state index contributed by atoms with van der Waals surface area (Å²) in [6, 6.07) is 8.37. The van der Waals surface area contributed by atoms with Gasteiger partial charge in [0, 0.05) is 16.5 Å². The summed E-state index contributed by atoms with van der Waals surface area (Å²) in [7, 11) is 0. The number of hydrogen-bond acceptors (Lipinski definition) is 2. The number of rotatable bonds is 1. The number of para-hydroxylation sites is 1. The van der Waals surface area contributed by atoms with E-state index in [2.05, 4.69) is 36.4 Å². The van der Waals surface area contributed by atoms with Gasteiger partial charge in [-0.2, -0.15) is 0 Å². The third-order valence-corrected chi connectivity index (χ3v) is 2.94. The number of fused-ring (bicyclic) bond motifs is 1. The highest BCUT2D eigenvalue weighted by molar-refractivity contribution is 7.98. The molecule has 2 heteroatoms. The fourth-order valence-electron chi connectivity index (χ4n) is 1.45. The Kier molecular flexibility index (Phi) is 2.23. The summed E-state index contributed by atoms with van der Waals surface area (Å²) in [5.41, 5.74) is 2.41. The highest BCUT2D eigenvalue weighted by Gasteiger charge is 2.01. The van der Waals surface area contributed by atoms with Crippen LogP contribution in [0.5, 0.6) is 0 Å². The van der Waals surface area contributed by atoms with Gasteiger partial charge >= 0.3 is 0 Å². The van der Waals surface area contributed by atoms with Gasteiger partial charge in [0.05, 0.1) is 5.52 Å². The lowest BCUT2D eigenvalue weighted by atomic mass is 10.1. The number of nitrogens with zero attached hydrogens (tertiary/aromatic N) is 1. The topological polar surface area (TPSA) is 12.9 Å². The maximum Gasteiger partial charge on any atom is 0.0840 e. The molecule has 0 aliphatic heterocycles. The van der Waals surface area contributed by atoms with Crippen LogP contribution >= 0.6 is 11.8 Å². The molecule has 1 aromatic heterocycles. The van der Waals surface area contributed by atoms with Crippen molar-refractivity contribution in [2.75, 3.05) is 6.26 Å². The normalized spacial score (nSPS) is 10.6. The first-order valence-electron chi connectivity index (χ1n) is 4.21. The molecule has 2 aromatic rings. The van der Waals surface area contributed by atoms with Crippen LogP contribution in [-0.4, -0.2) is 11.2 Å². The van der Waals surface area contributed by atoms with Crippen LogP contribution in [0.1, 0.15) is 5.56 Å². The van der Waals surface area contributed by atoms with Crippen LogP contribution in [0.2, 0.25) is 0 Å². The van der Waals surface area contributed by atoms with E-state index < -0.39 is 0 Å². The van der Waals surface area contributed by atoms with Crippen LogP contribution in [0.25, 0.3) is 10.9 Å². The fraction of sp³-hybridized carbons (Fsp3) is 0.182. The van der Waals surface area contributed by atoms with E-state index in [0.717, 1.165) is 5.52 Å². The third-order valence-electron chi connectivity index (χ3n) is 2.17. The van der Waals surface area contributed by atoms with E-state index in [0.29, 0.717) is 0 Å². The minimum Gasteiger partial charge on any atom is -0.255 e. The molecule has 1 heterocycles. The molecule has 0 fully saturated rings. The molecule has 0 spiro atoms. The Bertz CT molecular complexity index is 437. The molecule has 13 heavy (non-hydrogen) atoms. The van der Waals surface area contributed by atoms with Crippen molar-refractivity contribution in [3.05, 3.63) is 36.0 Å². The molecule has 0 aliphatic carbocycles. The summed E-state index contributed by atoms with van der Waals surface area (Å²) in [5, 5.41) is 1.26. The number of thioether (sulfide) groups is 1. The first-order valence-corrected chi connectivity index (χ1v) is 5.43. The molecule has 2 rings (SSSR count). The summed E-state index contributed by atoms with van der Waals surface area (Å²) >= 11 is 1.74. The van der Waals surface area contributed by atoms with Crippen molar-refractivity contribution in [2.24, 2.45) is 0 Å². The molecule has 0 amide bonds. The Balaban J connectivity index is 2.84. The second-order valence-electron chi connectivity index (χ2n) is 2.98. The van der Waals surface area contributed by atoms with Crippen molar-refractivity contribution in [3.8, 4) is 0 Å². The molecule has 0 aliphatic rings. The minimum absolute atomic E-state index is 1.12. The van der Waals surface area contributed by atoms with Gasteiger partial charge in [0.2, 0.25) is 0 Å². The van der Waals surface area contributed by atoms with E-state index >= 15 is 0 Å². The van der Waals surface area contributed by atoms with Crippen molar-refractivity contribution in [2.45, 2.75) is 11.8 Å². The zero-order valence-electron chi connectivity index (χ0n) is 7.74. The lowest BCUT2D eigenvalue weighted by Gasteiger charge is -2.04. The van der Waals surface area contributed by atoms with Gasteiger partial charge in [0.15, 0.2) is 0 Å². The van der Waals surface area contributed by atoms with Crippen LogP contribution < -0.4 is 0 Å². The van der Waals surface area contributed by atoms with Crippen LogP contribution in [-0.2, 0) is 0 Å². The Morgan fingerprint density at radius 1 is 1.23 bits per heavy atom. The van der Waals surface area contributed by atoms with Gasteiger partial charge < -0.3 is 0 Å². The summed E-state index contributed by atoms with van der Waals surface area (Å²) in [6.07, 6.45) is 3.95. The molecule has 0 saturated carbocycles. The summed E-state index contributed by atoms with van der Waals surface area (Å²) in [5.74, 6) is 0. The minimum atomic E-state index is 1.12. The molecular weight excluding hydrogens is 178 g/mol. The van der Waals surface area contributed by atoms with Gasteiger partial charge in [0.1, 0.15) is 0 Å². The number of pyridine rings is 1. The van der Waals surface area contributed by atoms with Crippen LogP contribution in [0.4, 0.5) is 0 Å². The monoisotopic (exact) mass is 189 g/mol. The zero-order valence-corrected chi connectivity index (χ0v) is 8.56. The lowest BCUT2D eigenvalue weighted by molar-refractivity contribution is 1.32. The first-order chi connectivity index (χ1) is 6.33. The van der Waals surface area contributed by atoms with Crippen LogP contribution in [0, 0.1) is 6.92 Å². The van der Waals surface area contributed by atoms with Crippen molar-refractivity contribution < 1.29 is 0 Å². The third kappa shape index (κ3) is 1.42. The van der Waals surface area contributed by atoms with Gasteiger partial charge in [-0.1, -0.05) is 12.1 Å². The fourth-order valence-corrected chi connectivity index (χ4v) is 2.02. The average Bonchev–Trinajstić information content (AvgIpc) is 2.18. The van der Waals surface area contributed by atoms with Crippen molar-refractivity contribution in [3.63, 3.8) is 0 Å². The molecule has 0 radical (unpaired) electrons. The molecule has 0 bridgehead atoms. The van der Waals surface area contributed by atoms with Crippen molar-refractivity contribution in [1.82, 2.24) is 4.98 Å². The molecule has 66 valence electrons. The van der Waals surface area contributed by atoms with E-state index in [1.54, 1.807) is 11.8 Å². The molecule has 0 N–H and O–H groups in total. The Morgan fingerprint density at radius 3 is 2.85 bits per heavy atom. The Labute approximate surface area is 82.2 Å². The Morgan fingerprint density at radius 2 is 2.08 bits per heavy atom. The van der Waals surface area contributed by atoms with Crippen LogP contribution in [0.3, 0.4) is 0 Å². The van der Waals surface area contributed by atoms with Gasteiger partial charge in [-0.15, -0.1) is 11.8 Å². The maximum atomic E-state index is 4.39. The predicted molar refractivity (Wildman–Crippen MR) is 58.3 cm³/mol. The second kappa shape index (κ2) is 3.38. The second-order valence-corrected chi connectivity index (χ2v) is 3.83. The SMILES string of the molecule is CSc1cccc2c(C)ccnc12. The highest BCUT2D eigenvalue weighted by atomic mass is 32.2. The van der Waals surface area contributed by atoms with Gasteiger partial charge in [0.25, 0.3) is 0 Å². The van der Waals surface area contributed by atoms with E-state index in [1.807, 2.05) is 12.3 Å². The molecule has 0 saturated heterocycles. The largest absolute Gasteiger partial charge is 0.255 e. The van der Waals surface area contributed by atoms with Crippen molar-refractivity contribution >= 4 is 22.7 Å². The maximum absolute atomic E-state index is 4.39. The van der Waals surface area contributed by atoms with Gasteiger partial charge in [-0.05, 0) is 30.9 Å². The number of benzene rings is 1. The first kappa shape index (κ1) is 8.57. The molecular formula is C11H11NS. The zero-order chi connectivity index (χ0) is 9.26. The summed E-state index contributed by atoms with van der Waals surface area (Å²) in [6.45, 7) is 2.12. The Hall–Kier alpha value is -1.02. The van der Waals surface area contributed by atoms with E-state index in [4.69, 9.17) is 0 Å². The van der Waals surface area contributed by atoms with Crippen molar-refractivity contribution in [1.29, 1.82) is 0 Å². The van der Waals surface area contributed by atoms with E-state index in [-0.39, 0.29) is 0 Å². The number of aromatic nitrogens is 1. The van der Waals surface area contributed by atoms with Gasteiger partial charge in [-0.25, -0.2) is 0 Å². The summed E-state index contributed by atoms with van der Waals surface area (Å²) in [4.78, 5) is 5.64. The quantitative estimate of drug-likeness (QED) is 0.639. The highest BCUT2D eigenvalue weighted by Crippen LogP contribution is 2.25. The number of aryl methyl sites for hydroxylation is 1. The van der Waals surface area contributed by atoms with Gasteiger partial charge in [-0.3, -0.25) is 4.98 Å². The standard InChI is InChI=1S/C11H11NS/c1-8-6-7-12-11-9(8)4-3-5-10(11)13-2/h3-7H,1-2H3. The van der Waals surface area contributed by atoms with E-state index in [9.17, 15) is 0 Å². The number of hydrogen-bond donors (Lipinski definition) is 0. The predicted octanol–water partition coefficient (Wildman–Crippen LogP) is 3.27. The molecule has 0 atom stereocenters. The van der Waals surface area contributed by atoms with Crippen LogP contribution in [0.15, 0.2) is 35.4 Å². The molecule has 0 unspecified atom stereocenters. The molecule has 1 aromatic carbocycles. The lowest BCUT2D eigenvalue weighted by Crippen LogP contribution is -1.84. The van der Waals surface area contributed by atoms with E-state index in [1.165, 1.54) is 15.8 Å². The summed E-state index contributed by atoms with van der Waals surface area (Å²) < 4.78 is 0. The smallest absolute Gasteiger partial charge is 0.0840 e. The molecule has 1 nitrogen and oxygen atoms in total. The average molecular weight is 189 g/mol.